The second-order valence-corrected chi connectivity index (χ2v) is 6.14. The maximum atomic E-state index is 12.8. The average Bonchev–Trinajstić information content (AvgIpc) is 2.68. The predicted molar refractivity (Wildman–Crippen MR) is 104 cm³/mol. The summed E-state index contributed by atoms with van der Waals surface area (Å²) in [5.74, 6) is -1.36. The molecule has 0 aromatic heterocycles. The van der Waals surface area contributed by atoms with Crippen molar-refractivity contribution in [3.05, 3.63) is 96.1 Å². The molecule has 2 amide bonds. The van der Waals surface area contributed by atoms with E-state index in [0.717, 1.165) is 11.1 Å². The number of amides is 2. The lowest BCUT2D eigenvalue weighted by atomic mass is 10.1. The molecule has 0 spiro atoms. The van der Waals surface area contributed by atoms with Crippen LogP contribution in [0, 0.1) is 0 Å². The van der Waals surface area contributed by atoms with Crippen molar-refractivity contribution in [1.29, 1.82) is 0 Å². The van der Waals surface area contributed by atoms with Gasteiger partial charge in [0.1, 0.15) is 5.75 Å². The fraction of sp³-hybridized carbons (Fsp3) is 0.0909. The van der Waals surface area contributed by atoms with Crippen LogP contribution in [0.5, 0.6) is 5.75 Å². The number of hydrogen-bond donors (Lipinski definition) is 2. The summed E-state index contributed by atoms with van der Waals surface area (Å²) < 4.78 is 0. The zero-order valence-electron chi connectivity index (χ0n) is 14.7. The SMILES string of the molecule is O=C(Nc1cccc(O)c1)C(=O)N(Cc1ccccc1)Cc1ccccc1. The van der Waals surface area contributed by atoms with Crippen molar-refractivity contribution in [2.45, 2.75) is 13.1 Å². The Morgan fingerprint density at radius 1 is 0.778 bits per heavy atom. The van der Waals surface area contributed by atoms with Crippen molar-refractivity contribution in [2.75, 3.05) is 5.32 Å². The van der Waals surface area contributed by atoms with E-state index < -0.39 is 11.8 Å². The molecule has 0 radical (unpaired) electrons. The van der Waals surface area contributed by atoms with Gasteiger partial charge in [0.2, 0.25) is 0 Å². The Balaban J connectivity index is 1.77. The number of benzene rings is 3. The summed E-state index contributed by atoms with van der Waals surface area (Å²) >= 11 is 0. The van der Waals surface area contributed by atoms with Crippen LogP contribution in [0.25, 0.3) is 0 Å². The molecule has 0 unspecified atom stereocenters. The summed E-state index contributed by atoms with van der Waals surface area (Å²) in [6, 6.07) is 25.2. The zero-order chi connectivity index (χ0) is 19.1. The summed E-state index contributed by atoms with van der Waals surface area (Å²) in [5.41, 5.74) is 2.24. The van der Waals surface area contributed by atoms with Crippen LogP contribution in [-0.4, -0.2) is 21.8 Å². The third kappa shape index (κ3) is 5.19. The molecule has 0 aliphatic carbocycles. The number of anilines is 1. The van der Waals surface area contributed by atoms with Crippen molar-refractivity contribution in [3.63, 3.8) is 0 Å². The number of nitrogens with zero attached hydrogens (tertiary/aromatic N) is 1. The minimum absolute atomic E-state index is 0.0191. The first-order valence-corrected chi connectivity index (χ1v) is 8.59. The number of phenols is 1. The first-order chi connectivity index (χ1) is 13.1. The van der Waals surface area contributed by atoms with Crippen LogP contribution in [-0.2, 0) is 22.7 Å². The Labute approximate surface area is 157 Å². The maximum Gasteiger partial charge on any atom is 0.313 e. The minimum atomic E-state index is -0.743. The highest BCUT2D eigenvalue weighted by atomic mass is 16.3. The molecule has 0 saturated heterocycles. The van der Waals surface area contributed by atoms with Crippen molar-refractivity contribution < 1.29 is 14.7 Å². The van der Waals surface area contributed by atoms with E-state index in [9.17, 15) is 14.7 Å². The Bertz CT molecular complexity index is 870. The van der Waals surface area contributed by atoms with E-state index in [2.05, 4.69) is 5.32 Å². The van der Waals surface area contributed by atoms with Gasteiger partial charge in [0, 0.05) is 24.8 Å². The summed E-state index contributed by atoms with van der Waals surface area (Å²) in [5, 5.41) is 12.1. The number of nitrogens with one attached hydrogen (secondary N) is 1. The Morgan fingerprint density at radius 2 is 1.33 bits per heavy atom. The maximum absolute atomic E-state index is 12.8. The van der Waals surface area contributed by atoms with Gasteiger partial charge in [-0.2, -0.15) is 0 Å². The van der Waals surface area contributed by atoms with Gasteiger partial charge in [-0.25, -0.2) is 0 Å². The Kier molecular flexibility index (Phi) is 5.84. The van der Waals surface area contributed by atoms with Gasteiger partial charge in [0.25, 0.3) is 0 Å². The fourth-order valence-electron chi connectivity index (χ4n) is 2.72. The van der Waals surface area contributed by atoms with E-state index >= 15 is 0 Å². The standard InChI is InChI=1S/C22H20N2O3/c25-20-13-7-12-19(14-20)23-21(26)22(27)24(15-17-8-3-1-4-9-17)16-18-10-5-2-6-11-18/h1-14,25H,15-16H2,(H,23,26). The molecule has 0 saturated carbocycles. The van der Waals surface area contributed by atoms with Crippen LogP contribution >= 0.6 is 0 Å². The molecule has 3 aromatic carbocycles. The van der Waals surface area contributed by atoms with Gasteiger partial charge < -0.3 is 15.3 Å². The highest BCUT2D eigenvalue weighted by molar-refractivity contribution is 6.39. The van der Waals surface area contributed by atoms with Gasteiger partial charge in [0.15, 0.2) is 0 Å². The molecule has 3 aromatic rings. The van der Waals surface area contributed by atoms with Crippen LogP contribution in [0.2, 0.25) is 0 Å². The van der Waals surface area contributed by atoms with Crippen LogP contribution in [0.4, 0.5) is 5.69 Å². The first kappa shape index (κ1) is 18.2. The highest BCUT2D eigenvalue weighted by Gasteiger charge is 2.22. The smallest absolute Gasteiger partial charge is 0.313 e. The molecule has 0 aliphatic rings. The molecule has 2 N–H and O–H groups in total. The number of phenolic OH excluding ortho intramolecular Hbond substituents is 1. The topological polar surface area (TPSA) is 69.6 Å². The second-order valence-electron chi connectivity index (χ2n) is 6.14. The molecule has 3 rings (SSSR count). The molecule has 0 atom stereocenters. The summed E-state index contributed by atoms with van der Waals surface area (Å²) in [6.45, 7) is 0.643. The second kappa shape index (κ2) is 8.67. The molecule has 0 fully saturated rings. The Hall–Kier alpha value is -3.60. The monoisotopic (exact) mass is 360 g/mol. The molecule has 0 bridgehead atoms. The fourth-order valence-corrected chi connectivity index (χ4v) is 2.72. The van der Waals surface area contributed by atoms with E-state index in [1.807, 2.05) is 60.7 Å². The van der Waals surface area contributed by atoms with Crippen LogP contribution in [0.15, 0.2) is 84.9 Å². The van der Waals surface area contributed by atoms with Gasteiger partial charge in [-0.15, -0.1) is 0 Å². The third-order valence-corrected chi connectivity index (χ3v) is 4.02. The normalized spacial score (nSPS) is 10.2. The van der Waals surface area contributed by atoms with Crippen LogP contribution in [0.3, 0.4) is 0 Å². The van der Waals surface area contributed by atoms with Crippen molar-refractivity contribution in [1.82, 2.24) is 4.90 Å². The van der Waals surface area contributed by atoms with E-state index in [-0.39, 0.29) is 5.75 Å². The van der Waals surface area contributed by atoms with E-state index in [4.69, 9.17) is 0 Å². The van der Waals surface area contributed by atoms with Gasteiger partial charge in [-0.1, -0.05) is 66.7 Å². The predicted octanol–water partition coefficient (Wildman–Crippen LogP) is 3.56. The molecule has 27 heavy (non-hydrogen) atoms. The summed E-state index contributed by atoms with van der Waals surface area (Å²) in [4.78, 5) is 26.8. The number of aromatic hydroxyl groups is 1. The quantitative estimate of drug-likeness (QED) is 0.684. The van der Waals surface area contributed by atoms with Gasteiger partial charge in [-0.05, 0) is 23.3 Å². The zero-order valence-corrected chi connectivity index (χ0v) is 14.7. The van der Waals surface area contributed by atoms with Gasteiger partial charge in [-0.3, -0.25) is 9.59 Å². The molecule has 0 heterocycles. The molecular formula is C22H20N2O3. The van der Waals surface area contributed by atoms with Gasteiger partial charge in [0.05, 0.1) is 0 Å². The summed E-state index contributed by atoms with van der Waals surface area (Å²) in [6.07, 6.45) is 0. The molecular weight excluding hydrogens is 340 g/mol. The number of rotatable bonds is 5. The lowest BCUT2D eigenvalue weighted by Crippen LogP contribution is -2.38. The van der Waals surface area contributed by atoms with E-state index in [1.165, 1.54) is 17.0 Å². The van der Waals surface area contributed by atoms with Crippen LogP contribution in [0.1, 0.15) is 11.1 Å². The number of carbonyl (C=O) groups is 2. The minimum Gasteiger partial charge on any atom is -0.508 e. The lowest BCUT2D eigenvalue weighted by Gasteiger charge is -2.22. The van der Waals surface area contributed by atoms with Gasteiger partial charge >= 0.3 is 11.8 Å². The first-order valence-electron chi connectivity index (χ1n) is 8.59. The molecule has 0 aliphatic heterocycles. The molecule has 5 nitrogen and oxygen atoms in total. The van der Waals surface area contributed by atoms with E-state index in [0.29, 0.717) is 18.8 Å². The Morgan fingerprint density at radius 3 is 1.85 bits per heavy atom. The van der Waals surface area contributed by atoms with Crippen molar-refractivity contribution >= 4 is 17.5 Å². The van der Waals surface area contributed by atoms with Crippen molar-refractivity contribution in [2.24, 2.45) is 0 Å². The highest BCUT2D eigenvalue weighted by Crippen LogP contribution is 2.16. The largest absolute Gasteiger partial charge is 0.508 e. The number of hydrogen-bond acceptors (Lipinski definition) is 3. The average molecular weight is 360 g/mol. The van der Waals surface area contributed by atoms with E-state index in [1.54, 1.807) is 12.1 Å². The van der Waals surface area contributed by atoms with Crippen molar-refractivity contribution in [3.8, 4) is 5.75 Å². The summed E-state index contributed by atoms with van der Waals surface area (Å²) in [7, 11) is 0. The molecule has 5 heteroatoms. The molecule has 136 valence electrons. The van der Waals surface area contributed by atoms with Crippen LogP contribution < -0.4 is 5.32 Å². The lowest BCUT2D eigenvalue weighted by molar-refractivity contribution is -0.144. The number of carbonyl (C=O) groups excluding carboxylic acids is 2. The third-order valence-electron chi connectivity index (χ3n) is 4.02.